The zero-order valence-electron chi connectivity index (χ0n) is 9.70. The number of H-pyrrole nitrogens is 1. The molecule has 0 radical (unpaired) electrons. The van der Waals surface area contributed by atoms with E-state index in [9.17, 15) is 4.79 Å². The van der Waals surface area contributed by atoms with E-state index in [-0.39, 0.29) is 11.9 Å². The molecule has 0 aromatic carbocycles. The fourth-order valence-corrected chi connectivity index (χ4v) is 2.27. The number of rotatable bonds is 4. The summed E-state index contributed by atoms with van der Waals surface area (Å²) in [5.74, 6) is 0.207. The highest BCUT2D eigenvalue weighted by atomic mass is 16.2. The molecule has 1 aromatic rings. The number of likely N-dealkylation sites (tertiary alicyclic amines) is 1. The van der Waals surface area contributed by atoms with Crippen LogP contribution in [0.25, 0.3) is 0 Å². The van der Waals surface area contributed by atoms with Gasteiger partial charge in [0.15, 0.2) is 0 Å². The van der Waals surface area contributed by atoms with Gasteiger partial charge in [-0.3, -0.25) is 4.79 Å². The molecule has 16 heavy (non-hydrogen) atoms. The predicted octanol–water partition coefficient (Wildman–Crippen LogP) is 1.29. The highest BCUT2D eigenvalue weighted by molar-refractivity contribution is 5.79. The molecule has 1 aliphatic rings. The molecular weight excluding hydrogens is 202 g/mol. The van der Waals surface area contributed by atoms with Crippen LogP contribution in [-0.4, -0.2) is 35.4 Å². The molecule has 4 nitrogen and oxygen atoms in total. The Balaban J connectivity index is 2.01. The third-order valence-corrected chi connectivity index (χ3v) is 3.08. The fraction of sp³-hybridized carbons (Fsp3) is 0.583. The number of nitrogens with one attached hydrogen (secondary N) is 2. The Kier molecular flexibility index (Phi) is 3.62. The molecule has 2 rings (SSSR count). The van der Waals surface area contributed by atoms with Crippen LogP contribution in [0.1, 0.15) is 31.5 Å². The number of nitrogens with zero attached hydrogens (tertiary/aromatic N) is 1. The highest BCUT2D eigenvalue weighted by Crippen LogP contribution is 2.30. The Morgan fingerprint density at radius 2 is 2.56 bits per heavy atom. The molecule has 1 amide bonds. The van der Waals surface area contributed by atoms with Gasteiger partial charge in [0, 0.05) is 18.4 Å². The van der Waals surface area contributed by atoms with E-state index in [1.54, 1.807) is 0 Å². The van der Waals surface area contributed by atoms with Gasteiger partial charge in [-0.2, -0.15) is 0 Å². The van der Waals surface area contributed by atoms with Gasteiger partial charge in [-0.25, -0.2) is 0 Å². The molecule has 0 spiro atoms. The smallest absolute Gasteiger partial charge is 0.237 e. The average Bonchev–Trinajstić information content (AvgIpc) is 2.94. The van der Waals surface area contributed by atoms with E-state index in [0.717, 1.165) is 31.6 Å². The van der Waals surface area contributed by atoms with Crippen molar-refractivity contribution in [2.75, 3.05) is 19.6 Å². The summed E-state index contributed by atoms with van der Waals surface area (Å²) in [7, 11) is 0. The molecule has 1 atom stereocenters. The number of hydrogen-bond acceptors (Lipinski definition) is 2. The van der Waals surface area contributed by atoms with E-state index in [1.165, 1.54) is 0 Å². The van der Waals surface area contributed by atoms with Crippen LogP contribution in [0.4, 0.5) is 0 Å². The minimum Gasteiger partial charge on any atom is -0.363 e. The third-order valence-electron chi connectivity index (χ3n) is 3.08. The first kappa shape index (κ1) is 11.2. The van der Waals surface area contributed by atoms with Crippen molar-refractivity contribution in [2.24, 2.45) is 0 Å². The van der Waals surface area contributed by atoms with E-state index in [1.807, 2.05) is 24.1 Å². The van der Waals surface area contributed by atoms with Crippen molar-refractivity contribution < 1.29 is 4.79 Å². The Bertz CT molecular complexity index is 334. The monoisotopic (exact) mass is 221 g/mol. The largest absolute Gasteiger partial charge is 0.363 e. The molecular formula is C12H19N3O. The molecule has 1 unspecified atom stereocenters. The third kappa shape index (κ3) is 2.27. The van der Waals surface area contributed by atoms with E-state index < -0.39 is 0 Å². The molecule has 1 fully saturated rings. The van der Waals surface area contributed by atoms with Gasteiger partial charge in [-0.05, 0) is 31.5 Å². The van der Waals surface area contributed by atoms with Crippen LogP contribution in [0.3, 0.4) is 0 Å². The number of carbonyl (C=O) groups excluding carboxylic acids is 1. The zero-order valence-corrected chi connectivity index (χ0v) is 9.70. The van der Waals surface area contributed by atoms with Crippen molar-refractivity contribution in [3.05, 3.63) is 24.0 Å². The Morgan fingerprint density at radius 3 is 3.25 bits per heavy atom. The first-order valence-electron chi connectivity index (χ1n) is 5.96. The lowest BCUT2D eigenvalue weighted by Gasteiger charge is -2.24. The Labute approximate surface area is 96.0 Å². The van der Waals surface area contributed by atoms with Crippen LogP contribution in [-0.2, 0) is 4.79 Å². The molecule has 2 N–H and O–H groups in total. The van der Waals surface area contributed by atoms with Crippen molar-refractivity contribution in [1.29, 1.82) is 0 Å². The molecule has 88 valence electrons. The second kappa shape index (κ2) is 5.16. The molecule has 1 aliphatic heterocycles. The van der Waals surface area contributed by atoms with Crippen LogP contribution in [0.2, 0.25) is 0 Å². The zero-order chi connectivity index (χ0) is 11.4. The number of hydrogen-bond donors (Lipinski definition) is 2. The van der Waals surface area contributed by atoms with Crippen molar-refractivity contribution in [2.45, 2.75) is 25.8 Å². The maximum atomic E-state index is 12.0. The van der Waals surface area contributed by atoms with E-state index in [0.29, 0.717) is 6.54 Å². The van der Waals surface area contributed by atoms with Crippen LogP contribution in [0, 0.1) is 0 Å². The van der Waals surface area contributed by atoms with Crippen molar-refractivity contribution in [3.63, 3.8) is 0 Å². The predicted molar refractivity (Wildman–Crippen MR) is 63.0 cm³/mol. The van der Waals surface area contributed by atoms with Gasteiger partial charge in [0.1, 0.15) is 0 Å². The van der Waals surface area contributed by atoms with Crippen molar-refractivity contribution in [3.8, 4) is 0 Å². The van der Waals surface area contributed by atoms with E-state index >= 15 is 0 Å². The summed E-state index contributed by atoms with van der Waals surface area (Å²) in [4.78, 5) is 17.1. The fourth-order valence-electron chi connectivity index (χ4n) is 2.27. The van der Waals surface area contributed by atoms with Gasteiger partial charge in [0.2, 0.25) is 5.91 Å². The second-order valence-electron chi connectivity index (χ2n) is 4.15. The quantitative estimate of drug-likeness (QED) is 0.805. The van der Waals surface area contributed by atoms with Crippen molar-refractivity contribution in [1.82, 2.24) is 15.2 Å². The van der Waals surface area contributed by atoms with Gasteiger partial charge in [0.05, 0.1) is 12.6 Å². The number of likely N-dealkylation sites (N-methyl/N-ethyl adjacent to an activating group) is 1. The molecule has 1 saturated heterocycles. The first-order valence-corrected chi connectivity index (χ1v) is 5.96. The van der Waals surface area contributed by atoms with Crippen LogP contribution in [0.15, 0.2) is 18.3 Å². The van der Waals surface area contributed by atoms with Gasteiger partial charge in [-0.1, -0.05) is 6.92 Å². The van der Waals surface area contributed by atoms with Gasteiger partial charge < -0.3 is 15.2 Å². The normalized spacial score (nSPS) is 20.3. The number of aromatic amines is 1. The Morgan fingerprint density at radius 1 is 1.69 bits per heavy atom. The minimum absolute atomic E-state index is 0.207. The summed E-state index contributed by atoms with van der Waals surface area (Å²) >= 11 is 0. The molecule has 1 aromatic heterocycles. The highest BCUT2D eigenvalue weighted by Gasteiger charge is 2.29. The number of carbonyl (C=O) groups is 1. The van der Waals surface area contributed by atoms with Gasteiger partial charge >= 0.3 is 0 Å². The summed E-state index contributed by atoms with van der Waals surface area (Å²) in [5.41, 5.74) is 1.15. The molecule has 0 aliphatic carbocycles. The lowest BCUT2D eigenvalue weighted by atomic mass is 10.1. The summed E-state index contributed by atoms with van der Waals surface area (Å²) in [6, 6.07) is 4.30. The van der Waals surface area contributed by atoms with Crippen molar-refractivity contribution >= 4 is 5.91 Å². The van der Waals surface area contributed by atoms with Crippen LogP contribution in [0.5, 0.6) is 0 Å². The first-order chi connectivity index (χ1) is 7.83. The SMILES string of the molecule is CCNCC(=O)N1CCCC1c1ccc[nH]1. The number of amides is 1. The van der Waals surface area contributed by atoms with Crippen LogP contribution >= 0.6 is 0 Å². The van der Waals surface area contributed by atoms with E-state index in [4.69, 9.17) is 0 Å². The number of aromatic nitrogens is 1. The average molecular weight is 221 g/mol. The van der Waals surface area contributed by atoms with Crippen LogP contribution < -0.4 is 5.32 Å². The maximum absolute atomic E-state index is 12.0. The van der Waals surface area contributed by atoms with Gasteiger partial charge in [0.25, 0.3) is 0 Å². The summed E-state index contributed by atoms with van der Waals surface area (Å²) < 4.78 is 0. The summed E-state index contributed by atoms with van der Waals surface area (Å²) in [6.45, 7) is 4.19. The molecule has 2 heterocycles. The Hall–Kier alpha value is -1.29. The van der Waals surface area contributed by atoms with Gasteiger partial charge in [-0.15, -0.1) is 0 Å². The maximum Gasteiger partial charge on any atom is 0.237 e. The topological polar surface area (TPSA) is 48.1 Å². The summed E-state index contributed by atoms with van der Waals surface area (Å²) in [5, 5.41) is 3.09. The molecule has 0 saturated carbocycles. The second-order valence-corrected chi connectivity index (χ2v) is 4.15. The summed E-state index contributed by atoms with van der Waals surface area (Å²) in [6.07, 6.45) is 4.08. The van der Waals surface area contributed by atoms with E-state index in [2.05, 4.69) is 16.4 Å². The molecule has 0 bridgehead atoms. The lowest BCUT2D eigenvalue weighted by molar-refractivity contribution is -0.131. The standard InChI is InChI=1S/C12H19N3O/c1-2-13-9-12(16)15-8-4-6-11(15)10-5-3-7-14-10/h3,5,7,11,13-14H,2,4,6,8-9H2,1H3. The lowest BCUT2D eigenvalue weighted by Crippen LogP contribution is -2.37. The minimum atomic E-state index is 0.207. The molecule has 4 heteroatoms.